The number of aromatic nitrogens is 4. The average molecular weight is 425 g/mol. The minimum absolute atomic E-state index is 0.176. The lowest BCUT2D eigenvalue weighted by molar-refractivity contribution is 0.102. The standard InChI is InChI=1S/C24H23N7O/c1-16-9-10-17(23(32)28-18-7-3-2-4-8-18)13-19(16)29-22-21-20(26-15-27-22)14-25-24(30-21)31-11-5-6-12-31/h2-4,7-10,13-15H,5-6,11-12H2,1H3,(H,28,32)(H,26,27,29). The normalized spacial score (nSPS) is 13.3. The van der Waals surface area contributed by atoms with Crippen LogP contribution in [0, 0.1) is 6.92 Å². The Bertz CT molecular complexity index is 1270. The van der Waals surface area contributed by atoms with Crippen molar-refractivity contribution in [3.05, 3.63) is 72.2 Å². The van der Waals surface area contributed by atoms with Gasteiger partial charge in [-0.1, -0.05) is 24.3 Å². The van der Waals surface area contributed by atoms with Crippen LogP contribution in [0.15, 0.2) is 61.1 Å². The van der Waals surface area contributed by atoms with Gasteiger partial charge in [0.15, 0.2) is 5.82 Å². The molecule has 0 spiro atoms. The van der Waals surface area contributed by atoms with Gasteiger partial charge >= 0.3 is 0 Å². The summed E-state index contributed by atoms with van der Waals surface area (Å²) in [5.74, 6) is 1.10. The topological polar surface area (TPSA) is 95.9 Å². The molecule has 0 saturated carbocycles. The lowest BCUT2D eigenvalue weighted by Gasteiger charge is -2.16. The number of hydrogen-bond acceptors (Lipinski definition) is 7. The SMILES string of the molecule is Cc1ccc(C(=O)Nc2ccccc2)cc1Nc1ncnc2cnc(N3CCCC3)nc12. The number of carbonyl (C=O) groups excluding carboxylic acids is 1. The minimum Gasteiger partial charge on any atom is -0.341 e. The van der Waals surface area contributed by atoms with Crippen molar-refractivity contribution in [2.24, 2.45) is 0 Å². The highest BCUT2D eigenvalue weighted by atomic mass is 16.1. The van der Waals surface area contributed by atoms with E-state index in [1.807, 2.05) is 55.5 Å². The van der Waals surface area contributed by atoms with E-state index >= 15 is 0 Å². The number of aryl methyl sites for hydroxylation is 1. The van der Waals surface area contributed by atoms with Gasteiger partial charge in [-0.05, 0) is 49.6 Å². The third-order valence-corrected chi connectivity index (χ3v) is 5.54. The zero-order valence-corrected chi connectivity index (χ0v) is 17.7. The Morgan fingerprint density at radius 2 is 1.81 bits per heavy atom. The third kappa shape index (κ3) is 4.07. The van der Waals surface area contributed by atoms with Crippen LogP contribution in [0.2, 0.25) is 0 Å². The van der Waals surface area contributed by atoms with Crippen LogP contribution in [-0.4, -0.2) is 38.9 Å². The minimum atomic E-state index is -0.176. The Kier molecular flexibility index (Phi) is 5.33. The fourth-order valence-corrected chi connectivity index (χ4v) is 3.76. The fraction of sp³-hybridized carbons (Fsp3) is 0.208. The van der Waals surface area contributed by atoms with Crippen molar-refractivity contribution in [3.63, 3.8) is 0 Å². The number of nitrogens with zero attached hydrogens (tertiary/aromatic N) is 5. The maximum atomic E-state index is 12.7. The van der Waals surface area contributed by atoms with Crippen molar-refractivity contribution in [1.29, 1.82) is 0 Å². The summed E-state index contributed by atoms with van der Waals surface area (Å²) < 4.78 is 0. The molecule has 1 aliphatic heterocycles. The molecule has 0 atom stereocenters. The van der Waals surface area contributed by atoms with E-state index in [9.17, 15) is 4.79 Å². The van der Waals surface area contributed by atoms with E-state index in [0.29, 0.717) is 28.4 Å². The van der Waals surface area contributed by atoms with Crippen LogP contribution in [0.25, 0.3) is 11.0 Å². The van der Waals surface area contributed by atoms with Gasteiger partial charge in [0.05, 0.1) is 6.20 Å². The molecule has 32 heavy (non-hydrogen) atoms. The Hall–Kier alpha value is -4.07. The Morgan fingerprint density at radius 3 is 2.62 bits per heavy atom. The number of amides is 1. The summed E-state index contributed by atoms with van der Waals surface area (Å²) in [5, 5.41) is 6.27. The van der Waals surface area contributed by atoms with Gasteiger partial charge in [0.25, 0.3) is 5.91 Å². The molecule has 2 N–H and O–H groups in total. The lowest BCUT2D eigenvalue weighted by Crippen LogP contribution is -2.20. The maximum Gasteiger partial charge on any atom is 0.255 e. The fourth-order valence-electron chi connectivity index (χ4n) is 3.76. The van der Waals surface area contributed by atoms with Crippen LogP contribution >= 0.6 is 0 Å². The highest BCUT2D eigenvalue weighted by Crippen LogP contribution is 2.26. The average Bonchev–Trinajstić information content (AvgIpc) is 3.36. The molecule has 4 aromatic rings. The van der Waals surface area contributed by atoms with Crippen LogP contribution in [-0.2, 0) is 0 Å². The molecular weight excluding hydrogens is 402 g/mol. The van der Waals surface area contributed by atoms with Crippen molar-refractivity contribution in [2.75, 3.05) is 28.6 Å². The summed E-state index contributed by atoms with van der Waals surface area (Å²) in [5.41, 5.74) is 4.39. The number of benzene rings is 2. The van der Waals surface area contributed by atoms with Crippen molar-refractivity contribution < 1.29 is 4.79 Å². The zero-order chi connectivity index (χ0) is 21.9. The molecule has 0 unspecified atom stereocenters. The highest BCUT2D eigenvalue weighted by molar-refractivity contribution is 6.05. The van der Waals surface area contributed by atoms with E-state index in [1.165, 1.54) is 6.33 Å². The molecule has 0 bridgehead atoms. The molecule has 0 aliphatic carbocycles. The van der Waals surface area contributed by atoms with Crippen molar-refractivity contribution in [2.45, 2.75) is 19.8 Å². The summed E-state index contributed by atoms with van der Waals surface area (Å²) in [4.78, 5) is 32.9. The van der Waals surface area contributed by atoms with E-state index in [0.717, 1.165) is 42.9 Å². The largest absolute Gasteiger partial charge is 0.341 e. The quantitative estimate of drug-likeness (QED) is 0.491. The molecule has 1 amide bonds. The second kappa shape index (κ2) is 8.58. The van der Waals surface area contributed by atoms with Crippen molar-refractivity contribution >= 4 is 40.1 Å². The van der Waals surface area contributed by atoms with E-state index in [4.69, 9.17) is 4.98 Å². The molecule has 3 heterocycles. The van der Waals surface area contributed by atoms with Gasteiger partial charge in [-0.2, -0.15) is 0 Å². The van der Waals surface area contributed by atoms with Crippen molar-refractivity contribution in [3.8, 4) is 0 Å². The first-order chi connectivity index (χ1) is 15.7. The van der Waals surface area contributed by atoms with Crippen LogP contribution in [0.5, 0.6) is 0 Å². The first-order valence-corrected chi connectivity index (χ1v) is 10.6. The lowest BCUT2D eigenvalue weighted by atomic mass is 10.1. The summed E-state index contributed by atoms with van der Waals surface area (Å²) in [6, 6.07) is 14.9. The molecule has 0 radical (unpaired) electrons. The predicted octanol–water partition coefficient (Wildman–Crippen LogP) is 4.32. The molecule has 1 aliphatic rings. The molecular formula is C24H23N7O. The molecule has 2 aromatic heterocycles. The van der Waals surface area contributed by atoms with Gasteiger partial charge in [0.1, 0.15) is 17.4 Å². The van der Waals surface area contributed by atoms with Crippen LogP contribution in [0.4, 0.5) is 23.1 Å². The zero-order valence-electron chi connectivity index (χ0n) is 17.7. The molecule has 160 valence electrons. The summed E-state index contributed by atoms with van der Waals surface area (Å²) in [6.45, 7) is 3.90. The predicted molar refractivity (Wildman–Crippen MR) is 125 cm³/mol. The van der Waals surface area contributed by atoms with Gasteiger partial charge in [-0.3, -0.25) is 4.79 Å². The summed E-state index contributed by atoms with van der Waals surface area (Å²) in [7, 11) is 0. The Balaban J connectivity index is 1.45. The second-order valence-electron chi connectivity index (χ2n) is 7.80. The van der Waals surface area contributed by atoms with E-state index in [2.05, 4.69) is 30.5 Å². The molecule has 1 fully saturated rings. The number of rotatable bonds is 5. The smallest absolute Gasteiger partial charge is 0.255 e. The number of nitrogens with one attached hydrogen (secondary N) is 2. The van der Waals surface area contributed by atoms with Gasteiger partial charge < -0.3 is 15.5 Å². The molecule has 2 aromatic carbocycles. The van der Waals surface area contributed by atoms with Crippen LogP contribution in [0.1, 0.15) is 28.8 Å². The first-order valence-electron chi connectivity index (χ1n) is 10.6. The number of anilines is 4. The van der Waals surface area contributed by atoms with Gasteiger partial charge in [0, 0.05) is 30.0 Å². The molecule has 8 nitrogen and oxygen atoms in total. The number of para-hydroxylation sites is 1. The molecule has 8 heteroatoms. The Morgan fingerprint density at radius 1 is 1.00 bits per heavy atom. The number of carbonyl (C=O) groups is 1. The van der Waals surface area contributed by atoms with Crippen LogP contribution < -0.4 is 15.5 Å². The molecule has 1 saturated heterocycles. The summed E-state index contributed by atoms with van der Waals surface area (Å²) >= 11 is 0. The van der Waals surface area contributed by atoms with Gasteiger partial charge in [0.2, 0.25) is 5.95 Å². The van der Waals surface area contributed by atoms with E-state index in [-0.39, 0.29) is 5.91 Å². The van der Waals surface area contributed by atoms with Gasteiger partial charge in [-0.25, -0.2) is 19.9 Å². The van der Waals surface area contributed by atoms with Crippen LogP contribution in [0.3, 0.4) is 0 Å². The number of fused-ring (bicyclic) bond motifs is 1. The van der Waals surface area contributed by atoms with E-state index < -0.39 is 0 Å². The first kappa shape index (κ1) is 19.9. The third-order valence-electron chi connectivity index (χ3n) is 5.54. The Labute approximate surface area is 185 Å². The highest BCUT2D eigenvalue weighted by Gasteiger charge is 2.17. The van der Waals surface area contributed by atoms with Crippen molar-refractivity contribution in [1.82, 2.24) is 19.9 Å². The monoisotopic (exact) mass is 425 g/mol. The van der Waals surface area contributed by atoms with E-state index in [1.54, 1.807) is 6.20 Å². The second-order valence-corrected chi connectivity index (χ2v) is 7.80. The number of hydrogen-bond donors (Lipinski definition) is 2. The van der Waals surface area contributed by atoms with Gasteiger partial charge in [-0.15, -0.1) is 0 Å². The summed E-state index contributed by atoms with van der Waals surface area (Å²) in [6.07, 6.45) is 5.52. The molecule has 5 rings (SSSR count). The maximum absolute atomic E-state index is 12.7.